The Labute approximate surface area is 101 Å². The highest BCUT2D eigenvalue weighted by molar-refractivity contribution is 5.83. The minimum Gasteiger partial charge on any atom is -0.480 e. The number of hydrogen-bond donors (Lipinski definition) is 1. The Morgan fingerprint density at radius 3 is 2.56 bits per heavy atom. The Balaban J connectivity index is 1.95. The average Bonchev–Trinajstić information content (AvgIpc) is 3.03. The van der Waals surface area contributed by atoms with E-state index in [0.717, 1.165) is 0 Å². The summed E-state index contributed by atoms with van der Waals surface area (Å²) in [5.74, 6) is -0.907. The molecular weight excluding hydrogens is 239 g/mol. The van der Waals surface area contributed by atoms with Gasteiger partial charge in [0.1, 0.15) is 11.2 Å². The van der Waals surface area contributed by atoms with Crippen molar-refractivity contribution in [3.63, 3.8) is 0 Å². The third-order valence-electron chi connectivity index (χ3n) is 3.10. The standard InChI is InChI=1S/C12H9FN2O3/c13-8-3-1-7(2-4-8)9-14-10(18-15-9)12(5-6-12)11(16)17/h1-4H,5-6H2,(H,16,17). The number of hydrogen-bond acceptors (Lipinski definition) is 4. The van der Waals surface area contributed by atoms with E-state index < -0.39 is 11.4 Å². The lowest BCUT2D eigenvalue weighted by atomic mass is 10.1. The molecule has 18 heavy (non-hydrogen) atoms. The van der Waals surface area contributed by atoms with Crippen LogP contribution in [0.1, 0.15) is 18.7 Å². The van der Waals surface area contributed by atoms with E-state index in [1.54, 1.807) is 0 Å². The quantitative estimate of drug-likeness (QED) is 0.898. The van der Waals surface area contributed by atoms with Crippen LogP contribution in [-0.4, -0.2) is 21.2 Å². The maximum absolute atomic E-state index is 12.8. The molecule has 0 aliphatic heterocycles. The number of aromatic nitrogens is 2. The van der Waals surface area contributed by atoms with Crippen molar-refractivity contribution in [2.45, 2.75) is 18.3 Å². The van der Waals surface area contributed by atoms with Crippen LogP contribution in [0, 0.1) is 5.82 Å². The van der Waals surface area contributed by atoms with Gasteiger partial charge in [0.05, 0.1) is 0 Å². The summed E-state index contributed by atoms with van der Waals surface area (Å²) >= 11 is 0. The number of nitrogens with zero attached hydrogens (tertiary/aromatic N) is 2. The fourth-order valence-corrected chi connectivity index (χ4v) is 1.78. The molecule has 2 aromatic rings. The smallest absolute Gasteiger partial charge is 0.319 e. The average molecular weight is 248 g/mol. The molecule has 92 valence electrons. The minimum absolute atomic E-state index is 0.120. The molecular formula is C12H9FN2O3. The number of benzene rings is 1. The van der Waals surface area contributed by atoms with E-state index in [2.05, 4.69) is 10.1 Å². The van der Waals surface area contributed by atoms with E-state index in [0.29, 0.717) is 18.4 Å². The second kappa shape index (κ2) is 3.63. The van der Waals surface area contributed by atoms with E-state index in [9.17, 15) is 9.18 Å². The zero-order valence-electron chi connectivity index (χ0n) is 9.26. The molecule has 0 unspecified atom stereocenters. The Morgan fingerprint density at radius 2 is 2.00 bits per heavy atom. The van der Waals surface area contributed by atoms with Gasteiger partial charge in [0.15, 0.2) is 0 Å². The van der Waals surface area contributed by atoms with Gasteiger partial charge in [-0.05, 0) is 37.1 Å². The molecule has 0 amide bonds. The highest BCUT2D eigenvalue weighted by atomic mass is 19.1. The first-order valence-corrected chi connectivity index (χ1v) is 5.45. The molecule has 5 nitrogen and oxygen atoms in total. The minimum atomic E-state index is -1.01. The summed E-state index contributed by atoms with van der Waals surface area (Å²) in [4.78, 5) is 15.2. The van der Waals surface area contributed by atoms with E-state index in [4.69, 9.17) is 9.63 Å². The number of carboxylic acids is 1. The monoisotopic (exact) mass is 248 g/mol. The summed E-state index contributed by atoms with van der Waals surface area (Å²) < 4.78 is 17.8. The van der Waals surface area contributed by atoms with Crippen molar-refractivity contribution >= 4 is 5.97 Å². The summed E-state index contributed by atoms with van der Waals surface area (Å²) in [6.07, 6.45) is 1.01. The van der Waals surface area contributed by atoms with Crippen LogP contribution in [0.15, 0.2) is 28.8 Å². The van der Waals surface area contributed by atoms with E-state index in [1.807, 2.05) is 0 Å². The summed E-state index contributed by atoms with van der Waals surface area (Å²) in [6, 6.07) is 5.61. The Hall–Kier alpha value is -2.24. The summed E-state index contributed by atoms with van der Waals surface area (Å²) in [5.41, 5.74) is -0.418. The van der Waals surface area contributed by atoms with Crippen LogP contribution in [0.4, 0.5) is 4.39 Å². The molecule has 3 rings (SSSR count). The molecule has 1 fully saturated rings. The van der Waals surface area contributed by atoms with Crippen LogP contribution in [0.2, 0.25) is 0 Å². The second-order valence-corrected chi connectivity index (χ2v) is 4.32. The van der Waals surface area contributed by atoms with Crippen molar-refractivity contribution in [2.24, 2.45) is 0 Å². The highest BCUT2D eigenvalue weighted by Gasteiger charge is 2.56. The predicted octanol–water partition coefficient (Wildman–Crippen LogP) is 1.99. The van der Waals surface area contributed by atoms with Gasteiger partial charge < -0.3 is 9.63 Å². The highest BCUT2D eigenvalue weighted by Crippen LogP contribution is 2.47. The van der Waals surface area contributed by atoms with Crippen molar-refractivity contribution in [3.05, 3.63) is 36.0 Å². The van der Waals surface area contributed by atoms with Gasteiger partial charge in [0.25, 0.3) is 0 Å². The third-order valence-corrected chi connectivity index (χ3v) is 3.10. The molecule has 1 saturated carbocycles. The zero-order chi connectivity index (χ0) is 12.8. The van der Waals surface area contributed by atoms with Gasteiger partial charge in [-0.1, -0.05) is 5.16 Å². The van der Waals surface area contributed by atoms with Crippen molar-refractivity contribution < 1.29 is 18.8 Å². The fraction of sp³-hybridized carbons (Fsp3) is 0.250. The molecule has 0 radical (unpaired) electrons. The molecule has 1 heterocycles. The number of carbonyl (C=O) groups is 1. The number of carboxylic acid groups (broad SMARTS) is 1. The Morgan fingerprint density at radius 1 is 1.33 bits per heavy atom. The normalized spacial score (nSPS) is 16.5. The Kier molecular flexibility index (Phi) is 2.19. The SMILES string of the molecule is O=C(O)C1(c2nc(-c3ccc(F)cc3)no2)CC1. The van der Waals surface area contributed by atoms with Crippen molar-refractivity contribution in [1.29, 1.82) is 0 Å². The Bertz CT molecular complexity index is 602. The summed E-state index contributed by atoms with van der Waals surface area (Å²) in [6.45, 7) is 0. The number of aliphatic carboxylic acids is 1. The zero-order valence-corrected chi connectivity index (χ0v) is 9.26. The molecule has 1 aliphatic carbocycles. The van der Waals surface area contributed by atoms with Gasteiger partial charge in [-0.15, -0.1) is 0 Å². The molecule has 6 heteroatoms. The van der Waals surface area contributed by atoms with Gasteiger partial charge in [-0.2, -0.15) is 4.98 Å². The van der Waals surface area contributed by atoms with Crippen molar-refractivity contribution in [1.82, 2.24) is 10.1 Å². The topological polar surface area (TPSA) is 76.2 Å². The van der Waals surface area contributed by atoms with Crippen LogP contribution in [0.5, 0.6) is 0 Å². The maximum atomic E-state index is 12.8. The van der Waals surface area contributed by atoms with E-state index in [-0.39, 0.29) is 17.5 Å². The van der Waals surface area contributed by atoms with Crippen LogP contribution in [0.3, 0.4) is 0 Å². The molecule has 1 aromatic heterocycles. The fourth-order valence-electron chi connectivity index (χ4n) is 1.78. The summed E-state index contributed by atoms with van der Waals surface area (Å²) in [7, 11) is 0. The molecule has 0 atom stereocenters. The first-order valence-electron chi connectivity index (χ1n) is 5.45. The van der Waals surface area contributed by atoms with Gasteiger partial charge >= 0.3 is 5.97 Å². The lowest BCUT2D eigenvalue weighted by molar-refractivity contribution is -0.140. The first kappa shape index (κ1) is 10.9. The van der Waals surface area contributed by atoms with Crippen LogP contribution >= 0.6 is 0 Å². The van der Waals surface area contributed by atoms with E-state index >= 15 is 0 Å². The molecule has 0 bridgehead atoms. The third kappa shape index (κ3) is 1.57. The molecule has 1 aromatic carbocycles. The van der Waals surface area contributed by atoms with Crippen molar-refractivity contribution in [3.8, 4) is 11.4 Å². The first-order chi connectivity index (χ1) is 8.62. The predicted molar refractivity (Wildman–Crippen MR) is 58.2 cm³/mol. The molecule has 0 saturated heterocycles. The molecule has 1 aliphatic rings. The molecule has 0 spiro atoms. The van der Waals surface area contributed by atoms with E-state index in [1.165, 1.54) is 24.3 Å². The second-order valence-electron chi connectivity index (χ2n) is 4.32. The van der Waals surface area contributed by atoms with Gasteiger partial charge in [0.2, 0.25) is 11.7 Å². The van der Waals surface area contributed by atoms with Crippen LogP contribution < -0.4 is 0 Å². The van der Waals surface area contributed by atoms with Crippen LogP contribution in [-0.2, 0) is 10.2 Å². The van der Waals surface area contributed by atoms with Gasteiger partial charge in [-0.25, -0.2) is 4.39 Å². The lowest BCUT2D eigenvalue weighted by Crippen LogP contribution is -2.19. The molecule has 1 N–H and O–H groups in total. The lowest BCUT2D eigenvalue weighted by Gasteiger charge is -2.00. The van der Waals surface area contributed by atoms with Gasteiger partial charge in [-0.3, -0.25) is 4.79 Å². The number of halogens is 1. The maximum Gasteiger partial charge on any atom is 0.319 e. The number of rotatable bonds is 3. The summed E-state index contributed by atoms with van der Waals surface area (Å²) in [5, 5.41) is 12.8. The van der Waals surface area contributed by atoms with Gasteiger partial charge in [0, 0.05) is 5.56 Å². The largest absolute Gasteiger partial charge is 0.480 e. The van der Waals surface area contributed by atoms with Crippen molar-refractivity contribution in [2.75, 3.05) is 0 Å². The van der Waals surface area contributed by atoms with Crippen LogP contribution in [0.25, 0.3) is 11.4 Å².